The number of carbonyl (C=O) groups excluding carboxylic acids is 2. The van der Waals surface area contributed by atoms with E-state index in [0.29, 0.717) is 18.0 Å². The number of rotatable bonds is 3. The molecule has 3 rings (SSSR count). The lowest BCUT2D eigenvalue weighted by Crippen LogP contribution is -2.32. The maximum Gasteiger partial charge on any atom is 0.251 e. The van der Waals surface area contributed by atoms with Crippen molar-refractivity contribution in [2.24, 2.45) is 11.0 Å². The molecular weight excluding hydrogens is 254 g/mol. The maximum atomic E-state index is 11.9. The van der Waals surface area contributed by atoms with Gasteiger partial charge in [0.15, 0.2) is 0 Å². The number of nitrogens with zero attached hydrogens (tertiary/aromatic N) is 1. The van der Waals surface area contributed by atoms with Gasteiger partial charge in [0.05, 0.1) is 5.71 Å². The number of benzene rings is 1. The van der Waals surface area contributed by atoms with E-state index in [-0.39, 0.29) is 17.7 Å². The Kier molecular flexibility index (Phi) is 3.26. The minimum atomic E-state index is -0.0540. The minimum Gasteiger partial charge on any atom is -0.349 e. The van der Waals surface area contributed by atoms with E-state index in [0.717, 1.165) is 24.1 Å². The van der Waals surface area contributed by atoms with Crippen LogP contribution in [0.5, 0.6) is 0 Å². The maximum absolute atomic E-state index is 11.9. The van der Waals surface area contributed by atoms with E-state index in [1.807, 2.05) is 19.1 Å². The average Bonchev–Trinajstić information content (AvgIpc) is 3.23. The van der Waals surface area contributed by atoms with Crippen LogP contribution >= 0.6 is 0 Å². The Morgan fingerprint density at radius 3 is 2.60 bits per heavy atom. The van der Waals surface area contributed by atoms with Crippen molar-refractivity contribution >= 4 is 17.5 Å². The van der Waals surface area contributed by atoms with Crippen LogP contribution in [0.3, 0.4) is 0 Å². The van der Waals surface area contributed by atoms with E-state index >= 15 is 0 Å². The van der Waals surface area contributed by atoms with Crippen LogP contribution in [0.2, 0.25) is 0 Å². The molecule has 1 aliphatic carbocycles. The predicted molar refractivity (Wildman–Crippen MR) is 75.4 cm³/mol. The van der Waals surface area contributed by atoms with Gasteiger partial charge in [0.2, 0.25) is 5.91 Å². The largest absolute Gasteiger partial charge is 0.349 e. The lowest BCUT2D eigenvalue weighted by atomic mass is 9.93. The topological polar surface area (TPSA) is 70.6 Å². The molecule has 1 aromatic carbocycles. The second kappa shape index (κ2) is 5.07. The van der Waals surface area contributed by atoms with E-state index in [2.05, 4.69) is 15.8 Å². The van der Waals surface area contributed by atoms with Crippen molar-refractivity contribution in [3.05, 3.63) is 35.4 Å². The highest BCUT2D eigenvalue weighted by atomic mass is 16.2. The van der Waals surface area contributed by atoms with Gasteiger partial charge in [-0.15, -0.1) is 0 Å². The summed E-state index contributed by atoms with van der Waals surface area (Å²) >= 11 is 0. The third-order valence-electron chi connectivity index (χ3n) is 3.61. The number of hydrogen-bond acceptors (Lipinski definition) is 3. The summed E-state index contributed by atoms with van der Waals surface area (Å²) in [6, 6.07) is 7.74. The molecule has 0 radical (unpaired) electrons. The Morgan fingerprint density at radius 1 is 1.30 bits per heavy atom. The molecular formula is C15H17N3O2. The molecule has 0 aromatic heterocycles. The average molecular weight is 271 g/mol. The number of hydrazone groups is 1. The first kappa shape index (κ1) is 12.8. The van der Waals surface area contributed by atoms with Gasteiger partial charge in [-0.05, 0) is 30.5 Å². The standard InChI is InChI=1S/C15H17N3O2/c1-9-8-13(19)17-18-14(9)10-2-4-11(5-3-10)15(20)16-12-6-7-12/h2-5,9,12H,6-8H2,1H3,(H,16,20)(H,17,19). The lowest BCUT2D eigenvalue weighted by molar-refractivity contribution is -0.121. The summed E-state index contributed by atoms with van der Waals surface area (Å²) in [6.07, 6.45) is 2.61. The summed E-state index contributed by atoms with van der Waals surface area (Å²) in [5, 5.41) is 7.07. The number of amides is 2. The second-order valence-electron chi connectivity index (χ2n) is 5.46. The Balaban J connectivity index is 1.75. The Labute approximate surface area is 117 Å². The molecule has 1 heterocycles. The number of hydrogen-bond donors (Lipinski definition) is 2. The summed E-state index contributed by atoms with van der Waals surface area (Å²) in [5.74, 6) is 0.0163. The zero-order valence-corrected chi connectivity index (χ0v) is 11.3. The molecule has 1 unspecified atom stereocenters. The summed E-state index contributed by atoms with van der Waals surface area (Å²) in [4.78, 5) is 23.1. The van der Waals surface area contributed by atoms with Gasteiger partial charge in [-0.1, -0.05) is 19.1 Å². The van der Waals surface area contributed by atoms with E-state index in [1.54, 1.807) is 12.1 Å². The molecule has 5 nitrogen and oxygen atoms in total. The fraction of sp³-hybridized carbons (Fsp3) is 0.400. The highest BCUT2D eigenvalue weighted by Crippen LogP contribution is 2.20. The summed E-state index contributed by atoms with van der Waals surface area (Å²) in [6.45, 7) is 1.98. The Morgan fingerprint density at radius 2 is 2.00 bits per heavy atom. The highest BCUT2D eigenvalue weighted by Gasteiger charge is 2.24. The van der Waals surface area contributed by atoms with Crippen LogP contribution in [0.25, 0.3) is 0 Å². The van der Waals surface area contributed by atoms with Crippen molar-refractivity contribution in [3.8, 4) is 0 Å². The van der Waals surface area contributed by atoms with Crippen molar-refractivity contribution in [1.82, 2.24) is 10.7 Å². The van der Waals surface area contributed by atoms with Gasteiger partial charge in [0, 0.05) is 23.9 Å². The smallest absolute Gasteiger partial charge is 0.251 e. The lowest BCUT2D eigenvalue weighted by Gasteiger charge is -2.19. The SMILES string of the molecule is CC1CC(=O)NN=C1c1ccc(C(=O)NC2CC2)cc1. The van der Waals surface area contributed by atoms with Crippen LogP contribution in [0.1, 0.15) is 42.1 Å². The van der Waals surface area contributed by atoms with Crippen molar-refractivity contribution in [2.45, 2.75) is 32.2 Å². The minimum absolute atomic E-state index is 0.0222. The second-order valence-corrected chi connectivity index (χ2v) is 5.46. The molecule has 2 N–H and O–H groups in total. The van der Waals surface area contributed by atoms with Crippen LogP contribution in [-0.2, 0) is 4.79 Å². The van der Waals surface area contributed by atoms with E-state index in [9.17, 15) is 9.59 Å². The molecule has 1 aromatic rings. The van der Waals surface area contributed by atoms with Crippen LogP contribution < -0.4 is 10.7 Å². The van der Waals surface area contributed by atoms with Crippen molar-refractivity contribution in [2.75, 3.05) is 0 Å². The first-order valence-corrected chi connectivity index (χ1v) is 6.91. The third-order valence-corrected chi connectivity index (χ3v) is 3.61. The van der Waals surface area contributed by atoms with Gasteiger partial charge in [-0.25, -0.2) is 5.43 Å². The molecule has 1 atom stereocenters. The van der Waals surface area contributed by atoms with Crippen LogP contribution in [-0.4, -0.2) is 23.6 Å². The molecule has 1 aliphatic heterocycles. The first-order chi connectivity index (χ1) is 9.63. The van der Waals surface area contributed by atoms with Gasteiger partial charge in [0.1, 0.15) is 0 Å². The fourth-order valence-electron chi connectivity index (χ4n) is 2.29. The molecule has 2 aliphatic rings. The molecule has 0 saturated heterocycles. The zero-order valence-electron chi connectivity index (χ0n) is 11.3. The van der Waals surface area contributed by atoms with Gasteiger partial charge in [-0.2, -0.15) is 5.10 Å². The van der Waals surface area contributed by atoms with Crippen LogP contribution in [0, 0.1) is 5.92 Å². The Hall–Kier alpha value is -2.17. The summed E-state index contributed by atoms with van der Waals surface area (Å²) < 4.78 is 0. The van der Waals surface area contributed by atoms with Crippen LogP contribution in [0.15, 0.2) is 29.4 Å². The van der Waals surface area contributed by atoms with E-state index in [4.69, 9.17) is 0 Å². The summed E-state index contributed by atoms with van der Waals surface area (Å²) in [5.41, 5.74) is 4.97. The molecule has 0 spiro atoms. The summed E-state index contributed by atoms with van der Waals surface area (Å²) in [7, 11) is 0. The molecule has 0 bridgehead atoms. The van der Waals surface area contributed by atoms with Gasteiger partial charge >= 0.3 is 0 Å². The van der Waals surface area contributed by atoms with Gasteiger partial charge < -0.3 is 5.32 Å². The van der Waals surface area contributed by atoms with Crippen LogP contribution in [0.4, 0.5) is 0 Å². The quantitative estimate of drug-likeness (QED) is 0.873. The monoisotopic (exact) mass is 271 g/mol. The van der Waals surface area contributed by atoms with E-state index < -0.39 is 0 Å². The fourth-order valence-corrected chi connectivity index (χ4v) is 2.29. The molecule has 1 fully saturated rings. The molecule has 5 heteroatoms. The van der Waals surface area contributed by atoms with Gasteiger partial charge in [0.25, 0.3) is 5.91 Å². The molecule has 1 saturated carbocycles. The van der Waals surface area contributed by atoms with Gasteiger partial charge in [-0.3, -0.25) is 9.59 Å². The van der Waals surface area contributed by atoms with Crippen molar-refractivity contribution in [3.63, 3.8) is 0 Å². The molecule has 2 amide bonds. The third kappa shape index (κ3) is 2.71. The normalized spacial score (nSPS) is 21.9. The molecule has 104 valence electrons. The van der Waals surface area contributed by atoms with Crippen molar-refractivity contribution < 1.29 is 9.59 Å². The first-order valence-electron chi connectivity index (χ1n) is 6.91. The number of carbonyl (C=O) groups is 2. The Bertz CT molecular complexity index is 573. The van der Waals surface area contributed by atoms with E-state index in [1.165, 1.54) is 0 Å². The highest BCUT2D eigenvalue weighted by molar-refractivity contribution is 6.06. The zero-order chi connectivity index (χ0) is 14.1. The number of nitrogens with one attached hydrogen (secondary N) is 2. The molecule has 20 heavy (non-hydrogen) atoms. The van der Waals surface area contributed by atoms with Crippen molar-refractivity contribution in [1.29, 1.82) is 0 Å². The predicted octanol–water partition coefficient (Wildman–Crippen LogP) is 1.44.